The number of ether oxygens (including phenoxy) is 1. The molecule has 1 aliphatic carbocycles. The minimum absolute atomic E-state index is 0.0185. The molecule has 2 heterocycles. The predicted molar refractivity (Wildman–Crippen MR) is 105 cm³/mol. The second-order valence-electron chi connectivity index (χ2n) is 8.13. The van der Waals surface area contributed by atoms with Crippen LogP contribution < -0.4 is 4.74 Å². The van der Waals surface area contributed by atoms with Gasteiger partial charge in [0, 0.05) is 25.4 Å². The fourth-order valence-corrected chi connectivity index (χ4v) is 4.39. The number of carbonyl (C=O) groups is 1. The lowest BCUT2D eigenvalue weighted by molar-refractivity contribution is -0.132. The fraction of sp³-hybridized carbons (Fsp3) is 0.591. The molecule has 2 aliphatic rings. The molecule has 0 bridgehead atoms. The number of aromatic nitrogens is 2. The topological polar surface area (TPSA) is 68.5 Å². The van der Waals surface area contributed by atoms with Gasteiger partial charge in [-0.1, -0.05) is 43.0 Å². The molecule has 1 atom stereocenters. The summed E-state index contributed by atoms with van der Waals surface area (Å²) in [7, 11) is 0. The molecule has 2 fully saturated rings. The van der Waals surface area contributed by atoms with Crippen LogP contribution in [0.3, 0.4) is 0 Å². The molecule has 7 heteroatoms. The Morgan fingerprint density at radius 2 is 2.03 bits per heavy atom. The zero-order valence-electron chi connectivity index (χ0n) is 16.7. The number of likely N-dealkylation sites (tertiary alicyclic amines) is 1. The highest BCUT2D eigenvalue weighted by molar-refractivity contribution is 5.76. The van der Waals surface area contributed by atoms with Gasteiger partial charge >= 0.3 is 0 Å². The molecule has 1 unspecified atom stereocenters. The Labute approximate surface area is 170 Å². The monoisotopic (exact) mass is 401 g/mol. The van der Waals surface area contributed by atoms with Crippen LogP contribution >= 0.6 is 0 Å². The van der Waals surface area contributed by atoms with Crippen molar-refractivity contribution in [3.8, 4) is 5.75 Å². The molecular weight excluding hydrogens is 373 g/mol. The quantitative estimate of drug-likeness (QED) is 0.685. The number of piperidine rings is 1. The van der Waals surface area contributed by atoms with Crippen LogP contribution in [0.5, 0.6) is 5.75 Å². The van der Waals surface area contributed by atoms with E-state index in [1.807, 2.05) is 4.90 Å². The molecule has 0 N–H and O–H groups in total. The lowest BCUT2D eigenvalue weighted by Gasteiger charge is -2.31. The molecule has 156 valence electrons. The predicted octanol–water partition coefficient (Wildman–Crippen LogP) is 4.46. The maximum absolute atomic E-state index is 13.6. The maximum atomic E-state index is 13.6. The molecular formula is C22H28FN3O3. The SMILES string of the molecule is O=C(CCC1CCCC1)N1CCCC(c2noc(COc3ccccc3F)n2)C1. The average Bonchev–Trinajstić information content (AvgIpc) is 3.44. The number of benzene rings is 1. The van der Waals surface area contributed by atoms with E-state index in [9.17, 15) is 9.18 Å². The van der Waals surface area contributed by atoms with Gasteiger partial charge < -0.3 is 14.2 Å². The van der Waals surface area contributed by atoms with Gasteiger partial charge in [-0.25, -0.2) is 4.39 Å². The van der Waals surface area contributed by atoms with E-state index in [2.05, 4.69) is 10.1 Å². The molecule has 6 nitrogen and oxygen atoms in total. The normalized spacial score (nSPS) is 20.2. The summed E-state index contributed by atoms with van der Waals surface area (Å²) in [5, 5.41) is 4.08. The van der Waals surface area contributed by atoms with Crippen LogP contribution in [-0.4, -0.2) is 34.0 Å². The number of para-hydroxylation sites is 1. The number of amides is 1. The van der Waals surface area contributed by atoms with Gasteiger partial charge in [-0.3, -0.25) is 4.79 Å². The Hall–Kier alpha value is -2.44. The Morgan fingerprint density at radius 1 is 1.21 bits per heavy atom. The lowest BCUT2D eigenvalue weighted by atomic mass is 9.96. The Balaban J connectivity index is 1.29. The Bertz CT molecular complexity index is 819. The van der Waals surface area contributed by atoms with Crippen LogP contribution in [0.2, 0.25) is 0 Å². The number of nitrogens with zero attached hydrogens (tertiary/aromatic N) is 3. The minimum atomic E-state index is -0.425. The van der Waals surface area contributed by atoms with Crippen molar-refractivity contribution in [3.05, 3.63) is 41.8 Å². The Kier molecular flexibility index (Phi) is 6.42. The molecule has 1 aromatic carbocycles. The van der Waals surface area contributed by atoms with Crippen LogP contribution in [0.1, 0.15) is 69.0 Å². The number of halogens is 1. The summed E-state index contributed by atoms with van der Waals surface area (Å²) in [6, 6.07) is 6.21. The number of hydrogen-bond acceptors (Lipinski definition) is 5. The zero-order valence-corrected chi connectivity index (χ0v) is 16.7. The van der Waals surface area contributed by atoms with Crippen molar-refractivity contribution in [1.29, 1.82) is 0 Å². The maximum Gasteiger partial charge on any atom is 0.264 e. The van der Waals surface area contributed by atoms with Crippen LogP contribution in [0.4, 0.5) is 4.39 Å². The van der Waals surface area contributed by atoms with Crippen molar-refractivity contribution in [2.75, 3.05) is 13.1 Å². The first-order valence-electron chi connectivity index (χ1n) is 10.7. The van der Waals surface area contributed by atoms with Gasteiger partial charge in [-0.2, -0.15) is 4.98 Å². The second-order valence-corrected chi connectivity index (χ2v) is 8.13. The summed E-state index contributed by atoms with van der Waals surface area (Å²) in [4.78, 5) is 19.0. The summed E-state index contributed by atoms with van der Waals surface area (Å²) in [6.07, 6.45) is 8.70. The van der Waals surface area contributed by atoms with E-state index in [0.29, 0.717) is 24.7 Å². The van der Waals surface area contributed by atoms with Crippen molar-refractivity contribution in [1.82, 2.24) is 15.0 Å². The minimum Gasteiger partial charge on any atom is -0.481 e. The van der Waals surface area contributed by atoms with Gasteiger partial charge in [0.05, 0.1) is 0 Å². The first-order valence-corrected chi connectivity index (χ1v) is 10.7. The van der Waals surface area contributed by atoms with Crippen LogP contribution in [-0.2, 0) is 11.4 Å². The van der Waals surface area contributed by atoms with Crippen LogP contribution in [0.25, 0.3) is 0 Å². The third kappa shape index (κ3) is 5.14. The van der Waals surface area contributed by atoms with Crippen molar-refractivity contribution in [2.45, 2.75) is 63.9 Å². The van der Waals surface area contributed by atoms with Crippen molar-refractivity contribution < 1.29 is 18.4 Å². The molecule has 0 radical (unpaired) electrons. The summed E-state index contributed by atoms with van der Waals surface area (Å²) in [5.41, 5.74) is 0. The molecule has 1 saturated carbocycles. The van der Waals surface area contributed by atoms with Gasteiger partial charge in [0.1, 0.15) is 0 Å². The smallest absolute Gasteiger partial charge is 0.264 e. The van der Waals surface area contributed by atoms with Gasteiger partial charge in [0.2, 0.25) is 5.91 Å². The van der Waals surface area contributed by atoms with E-state index in [4.69, 9.17) is 9.26 Å². The lowest BCUT2D eigenvalue weighted by Crippen LogP contribution is -2.39. The van der Waals surface area contributed by atoms with Crippen LogP contribution in [0, 0.1) is 11.7 Å². The highest BCUT2D eigenvalue weighted by atomic mass is 19.1. The fourth-order valence-electron chi connectivity index (χ4n) is 4.39. The number of carbonyl (C=O) groups excluding carboxylic acids is 1. The number of rotatable bonds is 7. The summed E-state index contributed by atoms with van der Waals surface area (Å²) < 4.78 is 24.3. The van der Waals surface area contributed by atoms with Gasteiger partial charge in [-0.15, -0.1) is 0 Å². The highest BCUT2D eigenvalue weighted by Crippen LogP contribution is 2.30. The first kappa shape index (κ1) is 19.9. The molecule has 4 rings (SSSR count). The van der Waals surface area contributed by atoms with E-state index in [0.717, 1.165) is 31.7 Å². The summed E-state index contributed by atoms with van der Waals surface area (Å²) in [6.45, 7) is 1.46. The molecule has 1 aromatic heterocycles. The molecule has 2 aromatic rings. The van der Waals surface area contributed by atoms with E-state index in [1.54, 1.807) is 18.2 Å². The largest absolute Gasteiger partial charge is 0.481 e. The molecule has 1 aliphatic heterocycles. The second kappa shape index (κ2) is 9.37. The van der Waals surface area contributed by atoms with E-state index in [-0.39, 0.29) is 24.2 Å². The average molecular weight is 401 g/mol. The van der Waals surface area contributed by atoms with E-state index >= 15 is 0 Å². The van der Waals surface area contributed by atoms with Crippen molar-refractivity contribution in [2.24, 2.45) is 5.92 Å². The van der Waals surface area contributed by atoms with Crippen molar-refractivity contribution in [3.63, 3.8) is 0 Å². The van der Waals surface area contributed by atoms with E-state index < -0.39 is 5.82 Å². The van der Waals surface area contributed by atoms with Crippen molar-refractivity contribution >= 4 is 5.91 Å². The van der Waals surface area contributed by atoms with Gasteiger partial charge in [0.25, 0.3) is 5.89 Å². The number of hydrogen-bond donors (Lipinski definition) is 0. The van der Waals surface area contributed by atoms with Gasteiger partial charge in [-0.05, 0) is 37.3 Å². The first-order chi connectivity index (χ1) is 14.2. The Morgan fingerprint density at radius 3 is 2.86 bits per heavy atom. The van der Waals surface area contributed by atoms with E-state index in [1.165, 1.54) is 31.7 Å². The highest BCUT2D eigenvalue weighted by Gasteiger charge is 2.28. The third-order valence-corrected chi connectivity index (χ3v) is 6.05. The summed E-state index contributed by atoms with van der Waals surface area (Å²) in [5.74, 6) is 1.70. The molecule has 29 heavy (non-hydrogen) atoms. The molecule has 0 spiro atoms. The standard InChI is InChI=1S/C22H28FN3O3/c23-18-9-3-4-10-19(18)28-15-20-24-22(25-29-20)17-8-5-13-26(14-17)21(27)12-11-16-6-1-2-7-16/h3-4,9-10,16-17H,1-2,5-8,11-15H2. The summed E-state index contributed by atoms with van der Waals surface area (Å²) >= 11 is 0. The zero-order chi connectivity index (χ0) is 20.1. The third-order valence-electron chi connectivity index (χ3n) is 6.05. The van der Waals surface area contributed by atoms with Crippen LogP contribution in [0.15, 0.2) is 28.8 Å². The molecule has 1 saturated heterocycles. The molecule has 1 amide bonds. The van der Waals surface area contributed by atoms with Gasteiger partial charge in [0.15, 0.2) is 24.0 Å².